The Morgan fingerprint density at radius 2 is 1.82 bits per heavy atom. The average Bonchev–Trinajstić information content (AvgIpc) is 3.42. The fraction of sp³-hybridized carbons (Fsp3) is 0.394. The van der Waals surface area contributed by atoms with E-state index in [0.29, 0.717) is 42.6 Å². The van der Waals surface area contributed by atoms with Crippen molar-refractivity contribution in [2.24, 2.45) is 5.92 Å². The van der Waals surface area contributed by atoms with E-state index >= 15 is 0 Å². The number of nitrogens with zero attached hydrogens (tertiary/aromatic N) is 5. The summed E-state index contributed by atoms with van der Waals surface area (Å²) in [5.74, 6) is 0.967. The van der Waals surface area contributed by atoms with Crippen molar-refractivity contribution >= 4 is 29.2 Å². The molecule has 2 aromatic heterocycles. The first-order valence-corrected chi connectivity index (χ1v) is 15.0. The van der Waals surface area contributed by atoms with Crippen molar-refractivity contribution in [2.45, 2.75) is 59.1 Å². The van der Waals surface area contributed by atoms with Gasteiger partial charge in [-0.05, 0) is 101 Å². The van der Waals surface area contributed by atoms with Crippen molar-refractivity contribution in [1.82, 2.24) is 24.2 Å². The second kappa shape index (κ2) is 13.1. The summed E-state index contributed by atoms with van der Waals surface area (Å²) in [6.07, 6.45) is 6.68. The van der Waals surface area contributed by atoms with Crippen molar-refractivity contribution in [3.05, 3.63) is 72.2 Å². The molecule has 4 aromatic rings. The summed E-state index contributed by atoms with van der Waals surface area (Å²) in [5, 5.41) is 12.9. The predicted molar refractivity (Wildman–Crippen MR) is 167 cm³/mol. The number of amides is 2. The largest absolute Gasteiger partial charge is 0.465 e. The van der Waals surface area contributed by atoms with Gasteiger partial charge in [0.1, 0.15) is 5.75 Å². The van der Waals surface area contributed by atoms with Crippen LogP contribution in [0.1, 0.15) is 56.0 Å². The molecular formula is C33H38F2N6O4. The number of benzene rings is 2. The first-order valence-electron chi connectivity index (χ1n) is 15.0. The zero-order valence-corrected chi connectivity index (χ0v) is 25.8. The van der Waals surface area contributed by atoms with Crippen LogP contribution in [0.25, 0.3) is 16.9 Å². The number of carboxylic acid groups (broad SMARTS) is 1. The topological polar surface area (TPSA) is 112 Å². The van der Waals surface area contributed by atoms with Gasteiger partial charge in [-0.25, -0.2) is 14.8 Å². The van der Waals surface area contributed by atoms with Crippen molar-refractivity contribution in [1.29, 1.82) is 0 Å². The van der Waals surface area contributed by atoms with Crippen LogP contribution in [-0.4, -0.2) is 73.1 Å². The van der Waals surface area contributed by atoms with Gasteiger partial charge in [-0.3, -0.25) is 9.20 Å². The third-order valence-corrected chi connectivity index (χ3v) is 8.23. The molecule has 1 aliphatic rings. The number of likely N-dealkylation sites (tertiary alicyclic amines) is 1. The van der Waals surface area contributed by atoms with Crippen LogP contribution < -0.4 is 10.1 Å². The lowest BCUT2D eigenvalue weighted by molar-refractivity contribution is -0.0498. The van der Waals surface area contributed by atoms with E-state index in [2.05, 4.69) is 20.0 Å². The van der Waals surface area contributed by atoms with E-state index in [-0.39, 0.29) is 11.7 Å². The van der Waals surface area contributed by atoms with Gasteiger partial charge in [-0.15, -0.1) is 0 Å². The molecule has 45 heavy (non-hydrogen) atoms. The molecule has 3 heterocycles. The first-order chi connectivity index (χ1) is 21.4. The lowest BCUT2D eigenvalue weighted by Gasteiger charge is -2.36. The Bertz CT molecular complexity index is 1660. The summed E-state index contributed by atoms with van der Waals surface area (Å²) >= 11 is 0. The number of rotatable bonds is 9. The Labute approximate surface area is 260 Å². The second-order valence-electron chi connectivity index (χ2n) is 12.3. The summed E-state index contributed by atoms with van der Waals surface area (Å²) in [7, 11) is 0. The minimum absolute atomic E-state index is 0.0116. The number of piperidine rings is 1. The molecule has 0 bridgehead atoms. The number of fused-ring (bicyclic) bond motifs is 1. The number of ether oxygens (including phenoxy) is 1. The van der Waals surface area contributed by atoms with E-state index in [9.17, 15) is 23.5 Å². The maximum absolute atomic E-state index is 13.4. The fourth-order valence-electron chi connectivity index (χ4n) is 5.77. The molecule has 1 aliphatic heterocycles. The lowest BCUT2D eigenvalue weighted by Crippen LogP contribution is -2.46. The van der Waals surface area contributed by atoms with E-state index in [4.69, 9.17) is 0 Å². The molecule has 5 rings (SSSR count). The molecule has 12 heteroatoms. The summed E-state index contributed by atoms with van der Waals surface area (Å²) < 4.78 is 31.3. The summed E-state index contributed by atoms with van der Waals surface area (Å²) in [4.78, 5) is 37.4. The van der Waals surface area contributed by atoms with Crippen LogP contribution in [0.5, 0.6) is 5.75 Å². The Hall–Kier alpha value is -4.74. The number of aryl methyl sites for hydroxylation is 1. The molecule has 0 radical (unpaired) electrons. The zero-order chi connectivity index (χ0) is 32.3. The van der Waals surface area contributed by atoms with Gasteiger partial charge < -0.3 is 25.0 Å². The molecule has 0 atom stereocenters. The number of aromatic nitrogens is 3. The van der Waals surface area contributed by atoms with Crippen LogP contribution in [-0.2, 0) is 0 Å². The molecule has 0 spiro atoms. The highest BCUT2D eigenvalue weighted by Gasteiger charge is 2.29. The minimum atomic E-state index is -2.89. The zero-order valence-electron chi connectivity index (χ0n) is 25.8. The molecule has 0 saturated carbocycles. The van der Waals surface area contributed by atoms with Gasteiger partial charge in [0.15, 0.2) is 11.5 Å². The van der Waals surface area contributed by atoms with E-state index in [1.807, 2.05) is 55.2 Å². The highest BCUT2D eigenvalue weighted by molar-refractivity contribution is 5.96. The standard InChI is InChI=1S/C33H38F2N6O4/c1-21-19-24(7-10-26(21)30(42)39-15-11-22(12-16-39)13-17-41(32(43)44)33(2,3)4)38-28-29-37-20-27(40(29)18-14-36-28)23-5-8-25(9-6-23)45-31(34)35/h5-10,14,18-20,22,31H,11-13,15-17H2,1-4H3,(H,36,38)(H,43,44). The normalized spacial score (nSPS) is 14.2. The van der Waals surface area contributed by atoms with Gasteiger partial charge in [0.05, 0.1) is 11.9 Å². The molecule has 238 valence electrons. The van der Waals surface area contributed by atoms with Crippen LogP contribution in [0.4, 0.5) is 25.1 Å². The van der Waals surface area contributed by atoms with Crippen LogP contribution in [0.3, 0.4) is 0 Å². The molecule has 1 fully saturated rings. The number of hydrogen-bond donors (Lipinski definition) is 2. The number of nitrogens with one attached hydrogen (secondary N) is 1. The smallest absolute Gasteiger partial charge is 0.407 e. The number of anilines is 2. The van der Waals surface area contributed by atoms with Gasteiger partial charge in [0.2, 0.25) is 0 Å². The maximum atomic E-state index is 13.4. The van der Waals surface area contributed by atoms with Crippen LogP contribution in [0, 0.1) is 12.8 Å². The predicted octanol–water partition coefficient (Wildman–Crippen LogP) is 7.07. The van der Waals surface area contributed by atoms with E-state index in [1.54, 1.807) is 30.7 Å². The Balaban J connectivity index is 1.22. The third-order valence-electron chi connectivity index (χ3n) is 8.23. The monoisotopic (exact) mass is 620 g/mol. The maximum Gasteiger partial charge on any atom is 0.407 e. The van der Waals surface area contributed by atoms with Gasteiger partial charge in [-0.1, -0.05) is 0 Å². The van der Waals surface area contributed by atoms with E-state index < -0.39 is 18.2 Å². The van der Waals surface area contributed by atoms with Crippen molar-refractivity contribution in [2.75, 3.05) is 25.0 Å². The third kappa shape index (κ3) is 7.33. The number of carbonyl (C=O) groups is 2. The molecular weight excluding hydrogens is 582 g/mol. The number of carbonyl (C=O) groups excluding carboxylic acids is 1. The van der Waals surface area contributed by atoms with Crippen molar-refractivity contribution in [3.8, 4) is 17.0 Å². The molecule has 1 saturated heterocycles. The lowest BCUT2D eigenvalue weighted by atomic mass is 9.92. The van der Waals surface area contributed by atoms with E-state index in [1.165, 1.54) is 17.0 Å². The minimum Gasteiger partial charge on any atom is -0.465 e. The molecule has 2 amide bonds. The Kier molecular flexibility index (Phi) is 9.21. The highest BCUT2D eigenvalue weighted by Crippen LogP contribution is 2.29. The van der Waals surface area contributed by atoms with Crippen LogP contribution in [0.15, 0.2) is 61.1 Å². The second-order valence-corrected chi connectivity index (χ2v) is 12.3. The molecule has 10 nitrogen and oxygen atoms in total. The molecule has 2 N–H and O–H groups in total. The molecule has 2 aromatic carbocycles. The van der Waals surface area contributed by atoms with Gasteiger partial charge in [0.25, 0.3) is 5.91 Å². The number of imidazole rings is 1. The number of alkyl halides is 2. The van der Waals surface area contributed by atoms with Crippen LogP contribution in [0.2, 0.25) is 0 Å². The summed E-state index contributed by atoms with van der Waals surface area (Å²) in [6.45, 7) is 6.48. The summed E-state index contributed by atoms with van der Waals surface area (Å²) in [6, 6.07) is 11.9. The Morgan fingerprint density at radius 3 is 2.44 bits per heavy atom. The van der Waals surface area contributed by atoms with Crippen molar-refractivity contribution in [3.63, 3.8) is 0 Å². The van der Waals surface area contributed by atoms with Gasteiger partial charge in [0, 0.05) is 54.4 Å². The van der Waals surface area contributed by atoms with Gasteiger partial charge in [-0.2, -0.15) is 8.78 Å². The SMILES string of the molecule is Cc1cc(Nc2nccn3c(-c4ccc(OC(F)F)cc4)cnc23)ccc1C(=O)N1CCC(CCN(C(=O)O)C(C)(C)C)CC1. The fourth-order valence-corrected chi connectivity index (χ4v) is 5.77. The van der Waals surface area contributed by atoms with E-state index in [0.717, 1.165) is 41.8 Å². The molecule has 0 aliphatic carbocycles. The van der Waals surface area contributed by atoms with Crippen LogP contribution >= 0.6 is 0 Å². The average molecular weight is 621 g/mol. The van der Waals surface area contributed by atoms with Gasteiger partial charge >= 0.3 is 12.7 Å². The summed E-state index contributed by atoms with van der Waals surface area (Å²) in [5.41, 5.74) is 3.88. The first kappa shape index (κ1) is 31.7. The number of hydrogen-bond acceptors (Lipinski definition) is 6. The Morgan fingerprint density at radius 1 is 1.11 bits per heavy atom. The van der Waals surface area contributed by atoms with Crippen molar-refractivity contribution < 1.29 is 28.2 Å². The number of halogens is 2. The molecule has 0 unspecified atom stereocenters. The quantitative estimate of drug-likeness (QED) is 0.206. The highest BCUT2D eigenvalue weighted by atomic mass is 19.3.